The molecule has 0 spiro atoms. The molecular formula is C57H63NO9. The summed E-state index contributed by atoms with van der Waals surface area (Å²) in [6.45, 7) is 6.27. The number of hydrogen-bond acceptors (Lipinski definition) is 10. The van der Waals surface area contributed by atoms with Crippen molar-refractivity contribution in [3.8, 4) is 0 Å². The van der Waals surface area contributed by atoms with Gasteiger partial charge in [-0.15, -0.1) is 6.58 Å². The summed E-state index contributed by atoms with van der Waals surface area (Å²) in [6, 6.07) is 59.8. The first-order valence-corrected chi connectivity index (χ1v) is 23.3. The summed E-state index contributed by atoms with van der Waals surface area (Å²) in [5.41, 5.74) is 13.2. The van der Waals surface area contributed by atoms with Crippen molar-refractivity contribution in [2.24, 2.45) is 5.73 Å². The molecule has 2 heterocycles. The highest BCUT2D eigenvalue weighted by molar-refractivity contribution is 5.18. The molecule has 10 heteroatoms. The largest absolute Gasteiger partial charge is 0.374 e. The molecule has 67 heavy (non-hydrogen) atoms. The van der Waals surface area contributed by atoms with Crippen molar-refractivity contribution in [3.05, 3.63) is 228 Å². The molecule has 10 atom stereocenters. The molecule has 350 valence electrons. The summed E-state index contributed by atoms with van der Waals surface area (Å²) < 4.78 is 62.1. The van der Waals surface area contributed by atoms with Gasteiger partial charge in [0.2, 0.25) is 0 Å². The van der Waals surface area contributed by atoms with Crippen LogP contribution in [0.2, 0.25) is 0 Å². The zero-order valence-corrected chi connectivity index (χ0v) is 38.0. The van der Waals surface area contributed by atoms with Gasteiger partial charge < -0.3 is 48.4 Å². The Bertz CT molecular complexity index is 2280. The van der Waals surface area contributed by atoms with E-state index < -0.39 is 61.2 Å². The zero-order chi connectivity index (χ0) is 45.9. The van der Waals surface area contributed by atoms with Gasteiger partial charge in [-0.1, -0.05) is 188 Å². The van der Waals surface area contributed by atoms with Crippen LogP contribution in [0.3, 0.4) is 0 Å². The van der Waals surface area contributed by atoms with Crippen LogP contribution < -0.4 is 5.73 Å². The summed E-state index contributed by atoms with van der Waals surface area (Å²) in [6.07, 6.45) is -4.06. The first-order valence-electron chi connectivity index (χ1n) is 23.3. The fourth-order valence-electron chi connectivity index (χ4n) is 8.56. The number of ether oxygens (including phenoxy) is 9. The Balaban J connectivity index is 1.16. The number of benzene rings is 6. The quantitative estimate of drug-likeness (QED) is 0.0591. The van der Waals surface area contributed by atoms with Crippen LogP contribution >= 0.6 is 0 Å². The summed E-state index contributed by atoms with van der Waals surface area (Å²) in [5.74, 6) is 0. The molecule has 0 saturated carbocycles. The van der Waals surface area contributed by atoms with Crippen molar-refractivity contribution >= 4 is 0 Å². The lowest BCUT2D eigenvalue weighted by molar-refractivity contribution is -0.356. The van der Waals surface area contributed by atoms with Gasteiger partial charge in [-0.2, -0.15) is 0 Å². The molecule has 2 fully saturated rings. The van der Waals surface area contributed by atoms with Crippen LogP contribution in [0.25, 0.3) is 0 Å². The molecule has 0 radical (unpaired) electrons. The molecule has 2 aliphatic heterocycles. The van der Waals surface area contributed by atoms with Crippen LogP contribution in [0.5, 0.6) is 0 Å². The van der Waals surface area contributed by atoms with Gasteiger partial charge in [-0.25, -0.2) is 0 Å². The van der Waals surface area contributed by atoms with Gasteiger partial charge in [-0.05, 0) is 39.8 Å². The molecule has 0 unspecified atom stereocenters. The number of nitrogens with two attached hydrogens (primary N) is 1. The monoisotopic (exact) mass is 905 g/mol. The van der Waals surface area contributed by atoms with Gasteiger partial charge in [0.15, 0.2) is 6.29 Å². The van der Waals surface area contributed by atoms with Gasteiger partial charge in [0, 0.05) is 0 Å². The average molecular weight is 906 g/mol. The van der Waals surface area contributed by atoms with Crippen LogP contribution in [-0.2, 0) is 82.3 Å². The van der Waals surface area contributed by atoms with Gasteiger partial charge >= 0.3 is 0 Å². The first kappa shape index (κ1) is 48.1. The fourth-order valence-corrected chi connectivity index (χ4v) is 8.56. The molecule has 0 bridgehead atoms. The van der Waals surface area contributed by atoms with Crippen molar-refractivity contribution < 1.29 is 42.6 Å². The normalized spacial score (nSPS) is 25.1. The van der Waals surface area contributed by atoms with E-state index in [1.165, 1.54) is 0 Å². The molecule has 6 aromatic rings. The summed E-state index contributed by atoms with van der Waals surface area (Å²) in [5, 5.41) is 0. The Kier molecular flexibility index (Phi) is 18.5. The third-order valence-electron chi connectivity index (χ3n) is 12.1. The molecule has 10 nitrogen and oxygen atoms in total. The lowest BCUT2D eigenvalue weighted by Crippen LogP contribution is -2.67. The second-order valence-corrected chi connectivity index (χ2v) is 17.0. The Morgan fingerprint density at radius 3 is 1.13 bits per heavy atom. The maximum Gasteiger partial charge on any atom is 0.187 e. The average Bonchev–Trinajstić information content (AvgIpc) is 3.38. The van der Waals surface area contributed by atoms with Crippen LogP contribution in [0.1, 0.15) is 39.8 Å². The second kappa shape index (κ2) is 25.7. The topological polar surface area (TPSA) is 109 Å². The molecule has 2 aliphatic rings. The Morgan fingerprint density at radius 1 is 0.388 bits per heavy atom. The van der Waals surface area contributed by atoms with Gasteiger partial charge in [0.25, 0.3) is 0 Å². The molecule has 2 saturated heterocycles. The Labute approximate surface area is 395 Å². The SMILES string of the molecule is C=CC[C@H]1O[C@H](COCc2ccccc2)[C@@H](O[C@@H]2O[C@H](COCc3ccccc3)[C@H](OCc3ccccc3)[C@H](OCc3ccccc3)[C@H]2OCc2ccccc2)[C@H](OCc2ccccc2)[C@H]1N. The van der Waals surface area contributed by atoms with Crippen LogP contribution in [-0.4, -0.2) is 74.4 Å². The van der Waals surface area contributed by atoms with Crippen molar-refractivity contribution in [1.29, 1.82) is 0 Å². The highest BCUT2D eigenvalue weighted by atomic mass is 16.7. The predicted octanol–water partition coefficient (Wildman–Crippen LogP) is 9.54. The Hall–Kier alpha value is -5.34. The standard InChI is InChI=1S/C57H63NO9/c1-2-21-48-51(58)54(62-37-45-28-15-6-16-29-45)53(50(65-48)41-60-35-43-24-11-4-12-25-43)67-57-56(64-39-47-32-19-8-20-33-47)55(63-38-46-30-17-7-18-31-46)52(61-36-44-26-13-5-14-27-44)49(66-57)40-59-34-42-22-9-3-10-23-42/h2-20,22-33,48-57H,1,21,34-41,58H2/t48-,49-,50-,51+,52+,53-,54-,55+,56-,57+/m1/s1. The highest BCUT2D eigenvalue weighted by Gasteiger charge is 2.53. The van der Waals surface area contributed by atoms with Crippen molar-refractivity contribution in [2.45, 2.75) is 107 Å². The van der Waals surface area contributed by atoms with Crippen LogP contribution in [0.15, 0.2) is 195 Å². The van der Waals surface area contributed by atoms with E-state index >= 15 is 0 Å². The summed E-state index contributed by atoms with van der Waals surface area (Å²) >= 11 is 0. The molecular weight excluding hydrogens is 843 g/mol. The lowest BCUT2D eigenvalue weighted by Gasteiger charge is -2.50. The van der Waals surface area contributed by atoms with Crippen molar-refractivity contribution in [3.63, 3.8) is 0 Å². The first-order chi connectivity index (χ1) is 33.1. The van der Waals surface area contributed by atoms with Crippen LogP contribution in [0, 0.1) is 0 Å². The number of rotatable bonds is 24. The molecule has 6 aromatic carbocycles. The third-order valence-corrected chi connectivity index (χ3v) is 12.1. The van der Waals surface area contributed by atoms with Gasteiger partial charge in [0.05, 0.1) is 65.0 Å². The minimum Gasteiger partial charge on any atom is -0.374 e. The molecule has 0 aromatic heterocycles. The molecule has 0 aliphatic carbocycles. The minimum atomic E-state index is -1.04. The van der Waals surface area contributed by atoms with E-state index in [1.807, 2.05) is 188 Å². The van der Waals surface area contributed by atoms with Gasteiger partial charge in [-0.3, -0.25) is 0 Å². The molecule has 2 N–H and O–H groups in total. The van der Waals surface area contributed by atoms with E-state index in [1.54, 1.807) is 0 Å². The van der Waals surface area contributed by atoms with Gasteiger partial charge in [0.1, 0.15) is 42.7 Å². The van der Waals surface area contributed by atoms with E-state index in [0.29, 0.717) is 32.8 Å². The smallest absolute Gasteiger partial charge is 0.187 e. The van der Waals surface area contributed by atoms with Crippen molar-refractivity contribution in [2.75, 3.05) is 13.2 Å². The third kappa shape index (κ3) is 14.1. The maximum absolute atomic E-state index is 7.36. The Morgan fingerprint density at radius 2 is 0.731 bits per heavy atom. The van der Waals surface area contributed by atoms with E-state index in [0.717, 1.165) is 33.4 Å². The van der Waals surface area contributed by atoms with Crippen LogP contribution in [0.4, 0.5) is 0 Å². The minimum absolute atomic E-state index is 0.171. The fraction of sp³-hybridized carbons (Fsp3) is 0.333. The number of hydrogen-bond donors (Lipinski definition) is 1. The van der Waals surface area contributed by atoms with E-state index in [2.05, 4.69) is 6.58 Å². The highest BCUT2D eigenvalue weighted by Crippen LogP contribution is 2.36. The summed E-state index contributed by atoms with van der Waals surface area (Å²) in [7, 11) is 0. The van der Waals surface area contributed by atoms with E-state index in [9.17, 15) is 0 Å². The maximum atomic E-state index is 7.36. The zero-order valence-electron chi connectivity index (χ0n) is 38.0. The molecule has 8 rings (SSSR count). The summed E-state index contributed by atoms with van der Waals surface area (Å²) in [4.78, 5) is 0. The van der Waals surface area contributed by atoms with E-state index in [-0.39, 0.29) is 26.4 Å². The van der Waals surface area contributed by atoms with Crippen molar-refractivity contribution in [1.82, 2.24) is 0 Å². The van der Waals surface area contributed by atoms with E-state index in [4.69, 9.17) is 48.4 Å². The predicted molar refractivity (Wildman–Crippen MR) is 257 cm³/mol. The molecule has 0 amide bonds. The second-order valence-electron chi connectivity index (χ2n) is 17.0. The lowest BCUT2D eigenvalue weighted by atomic mass is 9.91.